The zero-order chi connectivity index (χ0) is 21.4. The largest absolute Gasteiger partial charge is 0.325 e. The Balaban J connectivity index is 1.60. The number of rotatable bonds is 4. The molecule has 0 spiro atoms. The third kappa shape index (κ3) is 3.77. The van der Waals surface area contributed by atoms with Gasteiger partial charge in [0.2, 0.25) is 5.91 Å². The van der Waals surface area contributed by atoms with Crippen LogP contribution in [-0.2, 0) is 9.59 Å². The molecule has 154 valence electrons. The minimum Gasteiger partial charge on any atom is -0.325 e. The number of carbonyl (C=O) groups is 2. The fourth-order valence-electron chi connectivity index (χ4n) is 3.46. The molecule has 2 aliphatic rings. The summed E-state index contributed by atoms with van der Waals surface area (Å²) in [6.45, 7) is 7.76. The summed E-state index contributed by atoms with van der Waals surface area (Å²) in [5.41, 5.74) is 3.43. The lowest BCUT2D eigenvalue weighted by Gasteiger charge is -2.27. The van der Waals surface area contributed by atoms with Crippen LogP contribution in [0.2, 0.25) is 0 Å². The molecule has 2 aromatic carbocycles. The summed E-state index contributed by atoms with van der Waals surface area (Å²) in [6.07, 6.45) is 0. The molecule has 0 aliphatic carbocycles. The van der Waals surface area contributed by atoms with Crippen molar-refractivity contribution in [3.05, 3.63) is 59.7 Å². The minimum absolute atomic E-state index is 0.0797. The molecule has 0 saturated heterocycles. The van der Waals surface area contributed by atoms with E-state index in [1.165, 1.54) is 11.8 Å². The molecule has 2 unspecified atom stereocenters. The molecule has 0 aromatic heterocycles. The van der Waals surface area contributed by atoms with Gasteiger partial charge in [0.25, 0.3) is 5.91 Å². The zero-order valence-corrected chi connectivity index (χ0v) is 18.2. The SMILES string of the molecule is Cc1cccc(NC(=O)C(C)SC2=Nc3ccccc3C3=NC(C(C)C)C(=O)N23)c1. The lowest BCUT2D eigenvalue weighted by atomic mass is 10.1. The van der Waals surface area contributed by atoms with Crippen LogP contribution in [0.15, 0.2) is 58.5 Å². The maximum atomic E-state index is 13.1. The number of para-hydroxylation sites is 1. The van der Waals surface area contributed by atoms with Gasteiger partial charge in [-0.15, -0.1) is 0 Å². The van der Waals surface area contributed by atoms with Gasteiger partial charge in [0.1, 0.15) is 11.9 Å². The van der Waals surface area contributed by atoms with Gasteiger partial charge < -0.3 is 5.32 Å². The molecule has 2 aromatic rings. The first-order valence-corrected chi connectivity index (χ1v) is 10.9. The number of hydrogen-bond acceptors (Lipinski definition) is 5. The highest BCUT2D eigenvalue weighted by Gasteiger charge is 2.43. The molecule has 0 radical (unpaired) electrons. The van der Waals surface area contributed by atoms with Crippen molar-refractivity contribution in [3.63, 3.8) is 0 Å². The smallest absolute Gasteiger partial charge is 0.259 e. The Hall–Kier alpha value is -2.93. The van der Waals surface area contributed by atoms with E-state index in [1.54, 1.807) is 4.90 Å². The van der Waals surface area contributed by atoms with Gasteiger partial charge in [0.05, 0.1) is 10.9 Å². The lowest BCUT2D eigenvalue weighted by Crippen LogP contribution is -2.43. The Bertz CT molecular complexity index is 1080. The summed E-state index contributed by atoms with van der Waals surface area (Å²) < 4.78 is 0. The summed E-state index contributed by atoms with van der Waals surface area (Å²) in [5, 5.41) is 2.99. The van der Waals surface area contributed by atoms with E-state index in [-0.39, 0.29) is 17.7 Å². The first-order chi connectivity index (χ1) is 14.3. The summed E-state index contributed by atoms with van der Waals surface area (Å²) in [5.74, 6) is 0.471. The second-order valence-electron chi connectivity index (χ2n) is 7.85. The number of aliphatic imine (C=N–C) groups is 2. The number of fused-ring (bicyclic) bond motifs is 3. The molecule has 6 nitrogen and oxygen atoms in total. The van der Waals surface area contributed by atoms with E-state index in [4.69, 9.17) is 9.98 Å². The van der Waals surface area contributed by atoms with Gasteiger partial charge in [-0.2, -0.15) is 0 Å². The van der Waals surface area contributed by atoms with Crippen LogP contribution in [0.1, 0.15) is 31.9 Å². The molecule has 1 N–H and O–H groups in total. The van der Waals surface area contributed by atoms with Gasteiger partial charge in [-0.05, 0) is 49.6 Å². The van der Waals surface area contributed by atoms with E-state index in [9.17, 15) is 9.59 Å². The number of nitrogens with one attached hydrogen (secondary N) is 1. The van der Waals surface area contributed by atoms with Crippen LogP contribution in [0.3, 0.4) is 0 Å². The predicted octanol–water partition coefficient (Wildman–Crippen LogP) is 4.37. The maximum Gasteiger partial charge on any atom is 0.259 e. The molecular formula is C23H24N4O2S. The van der Waals surface area contributed by atoms with Gasteiger partial charge in [0, 0.05) is 11.3 Å². The third-order valence-corrected chi connectivity index (χ3v) is 6.12. The third-order valence-electron chi connectivity index (χ3n) is 5.07. The Morgan fingerprint density at radius 1 is 1.13 bits per heavy atom. The Labute approximate surface area is 180 Å². The van der Waals surface area contributed by atoms with E-state index >= 15 is 0 Å². The molecule has 0 bridgehead atoms. The van der Waals surface area contributed by atoms with E-state index in [0.29, 0.717) is 11.0 Å². The van der Waals surface area contributed by atoms with Crippen LogP contribution in [-0.4, -0.2) is 39.0 Å². The van der Waals surface area contributed by atoms with Crippen molar-refractivity contribution in [1.29, 1.82) is 0 Å². The van der Waals surface area contributed by atoms with Crippen molar-refractivity contribution in [2.75, 3.05) is 5.32 Å². The number of aryl methyl sites for hydroxylation is 1. The van der Waals surface area contributed by atoms with Gasteiger partial charge in [-0.3, -0.25) is 14.6 Å². The lowest BCUT2D eigenvalue weighted by molar-refractivity contribution is -0.125. The molecular weight excluding hydrogens is 396 g/mol. The van der Waals surface area contributed by atoms with E-state index in [0.717, 1.165) is 22.5 Å². The van der Waals surface area contributed by atoms with Crippen LogP contribution in [0, 0.1) is 12.8 Å². The molecule has 7 heteroatoms. The molecule has 2 aliphatic heterocycles. The van der Waals surface area contributed by atoms with Crippen LogP contribution in [0.5, 0.6) is 0 Å². The van der Waals surface area contributed by atoms with Crippen molar-refractivity contribution in [1.82, 2.24) is 4.90 Å². The highest BCUT2D eigenvalue weighted by molar-refractivity contribution is 8.15. The number of amidine groups is 2. The number of amides is 2. The van der Waals surface area contributed by atoms with E-state index in [1.807, 2.05) is 76.2 Å². The van der Waals surface area contributed by atoms with Crippen LogP contribution >= 0.6 is 11.8 Å². The van der Waals surface area contributed by atoms with Crippen LogP contribution in [0.25, 0.3) is 0 Å². The second kappa shape index (κ2) is 8.07. The number of anilines is 1. The number of benzene rings is 2. The fourth-order valence-corrected chi connectivity index (χ4v) is 4.38. The Morgan fingerprint density at radius 3 is 2.63 bits per heavy atom. The highest BCUT2D eigenvalue weighted by Crippen LogP contribution is 2.35. The monoisotopic (exact) mass is 420 g/mol. The average Bonchev–Trinajstić information content (AvgIpc) is 3.06. The molecule has 0 fully saturated rings. The molecule has 30 heavy (non-hydrogen) atoms. The normalized spacial score (nSPS) is 18.5. The predicted molar refractivity (Wildman–Crippen MR) is 122 cm³/mol. The number of carbonyl (C=O) groups excluding carboxylic acids is 2. The molecule has 2 heterocycles. The van der Waals surface area contributed by atoms with Crippen LogP contribution in [0.4, 0.5) is 11.4 Å². The Kier molecular flexibility index (Phi) is 5.47. The van der Waals surface area contributed by atoms with E-state index < -0.39 is 11.3 Å². The van der Waals surface area contributed by atoms with Crippen molar-refractivity contribution >= 4 is 46.0 Å². The summed E-state index contributed by atoms with van der Waals surface area (Å²) in [6, 6.07) is 14.9. The highest BCUT2D eigenvalue weighted by atomic mass is 32.2. The standard InChI is InChI=1S/C23H24N4O2S/c1-13(2)19-22(29)27-20(26-19)17-10-5-6-11-18(17)25-23(27)30-15(4)21(28)24-16-9-7-8-14(3)12-16/h5-13,15,19H,1-4H3,(H,24,28). The summed E-state index contributed by atoms with van der Waals surface area (Å²) in [7, 11) is 0. The summed E-state index contributed by atoms with van der Waals surface area (Å²) >= 11 is 1.27. The number of nitrogens with zero attached hydrogens (tertiary/aromatic N) is 3. The zero-order valence-electron chi connectivity index (χ0n) is 17.4. The van der Waals surface area contributed by atoms with Crippen molar-refractivity contribution in [2.24, 2.45) is 15.9 Å². The van der Waals surface area contributed by atoms with Gasteiger partial charge in [-0.1, -0.05) is 49.9 Å². The topological polar surface area (TPSA) is 74.1 Å². The summed E-state index contributed by atoms with van der Waals surface area (Å²) in [4.78, 5) is 36.9. The van der Waals surface area contributed by atoms with E-state index in [2.05, 4.69) is 5.32 Å². The van der Waals surface area contributed by atoms with Crippen molar-refractivity contribution in [3.8, 4) is 0 Å². The van der Waals surface area contributed by atoms with Gasteiger partial charge >= 0.3 is 0 Å². The molecule has 0 saturated carbocycles. The minimum atomic E-state index is -0.443. The maximum absolute atomic E-state index is 13.1. The number of hydrogen-bond donors (Lipinski definition) is 1. The molecule has 2 amide bonds. The van der Waals surface area contributed by atoms with Crippen molar-refractivity contribution in [2.45, 2.75) is 39.0 Å². The molecule has 2 atom stereocenters. The van der Waals surface area contributed by atoms with Crippen molar-refractivity contribution < 1.29 is 9.59 Å². The van der Waals surface area contributed by atoms with Gasteiger partial charge in [0.15, 0.2) is 5.17 Å². The van der Waals surface area contributed by atoms with Gasteiger partial charge in [-0.25, -0.2) is 9.89 Å². The Morgan fingerprint density at radius 2 is 1.90 bits per heavy atom. The second-order valence-corrected chi connectivity index (χ2v) is 9.15. The first kappa shape index (κ1) is 20.3. The van der Waals surface area contributed by atoms with Crippen LogP contribution < -0.4 is 5.32 Å². The number of thioether (sulfide) groups is 1. The average molecular weight is 421 g/mol. The quantitative estimate of drug-likeness (QED) is 0.798. The first-order valence-electron chi connectivity index (χ1n) is 9.99. The molecule has 4 rings (SSSR count). The fraction of sp³-hybridized carbons (Fsp3) is 0.304.